The summed E-state index contributed by atoms with van der Waals surface area (Å²) in [6.07, 6.45) is 7.34. The first-order valence-corrected chi connectivity index (χ1v) is 9.44. The number of carbonyl (C=O) groups is 2. The minimum atomic E-state index is -0.897. The van der Waals surface area contributed by atoms with E-state index in [-0.39, 0.29) is 19.8 Å². The van der Waals surface area contributed by atoms with Gasteiger partial charge in [-0.2, -0.15) is 0 Å². The molecule has 1 unspecified atom stereocenters. The van der Waals surface area contributed by atoms with Gasteiger partial charge in [0, 0.05) is 25.8 Å². The van der Waals surface area contributed by atoms with Crippen LogP contribution in [-0.2, 0) is 9.59 Å². The Labute approximate surface area is 159 Å². The molecule has 0 aliphatic rings. The van der Waals surface area contributed by atoms with Crippen molar-refractivity contribution in [1.82, 2.24) is 10.6 Å². The van der Waals surface area contributed by atoms with E-state index in [0.717, 1.165) is 12.8 Å². The minimum Gasteiger partial charge on any atom is -0.396 e. The van der Waals surface area contributed by atoms with Crippen molar-refractivity contribution in [3.63, 3.8) is 0 Å². The van der Waals surface area contributed by atoms with Crippen LogP contribution in [0, 0.1) is 0 Å². The molecule has 0 aliphatic carbocycles. The fourth-order valence-electron chi connectivity index (χ4n) is 2.18. The molecule has 0 radical (unpaired) electrons. The van der Waals surface area contributed by atoms with Crippen LogP contribution in [0.2, 0.25) is 0 Å². The van der Waals surface area contributed by atoms with Gasteiger partial charge in [0.25, 0.3) is 11.8 Å². The molecular weight excluding hydrogens is 358 g/mol. The SMILES string of the molecule is CC(CNC(=O)C(F)=CCCCCCO)NC(=O)C(F)=CCCCCCO. The monoisotopic (exact) mass is 390 g/mol. The van der Waals surface area contributed by atoms with Crippen LogP contribution < -0.4 is 10.6 Å². The number of hydrogen-bond acceptors (Lipinski definition) is 4. The van der Waals surface area contributed by atoms with Gasteiger partial charge in [0.15, 0.2) is 11.7 Å². The van der Waals surface area contributed by atoms with E-state index in [9.17, 15) is 18.4 Å². The summed E-state index contributed by atoms with van der Waals surface area (Å²) in [5, 5.41) is 22.0. The van der Waals surface area contributed by atoms with E-state index >= 15 is 0 Å². The molecule has 8 heteroatoms. The Kier molecular flexibility index (Phi) is 15.3. The molecule has 0 fully saturated rings. The smallest absolute Gasteiger partial charge is 0.279 e. The molecular formula is C19H32F2N2O4. The third-order valence-corrected chi connectivity index (χ3v) is 3.75. The fourth-order valence-corrected chi connectivity index (χ4v) is 2.18. The van der Waals surface area contributed by atoms with E-state index in [4.69, 9.17) is 10.2 Å². The van der Waals surface area contributed by atoms with E-state index < -0.39 is 29.5 Å². The number of hydrogen-bond donors (Lipinski definition) is 4. The van der Waals surface area contributed by atoms with Crippen LogP contribution in [-0.4, -0.2) is 47.8 Å². The Morgan fingerprint density at radius 1 is 0.852 bits per heavy atom. The Balaban J connectivity index is 4.10. The van der Waals surface area contributed by atoms with Crippen molar-refractivity contribution in [2.24, 2.45) is 0 Å². The van der Waals surface area contributed by atoms with Gasteiger partial charge in [-0.15, -0.1) is 0 Å². The van der Waals surface area contributed by atoms with E-state index in [1.165, 1.54) is 12.2 Å². The molecule has 6 nitrogen and oxygen atoms in total. The molecule has 0 aromatic rings. The lowest BCUT2D eigenvalue weighted by Gasteiger charge is -2.13. The molecule has 0 rings (SSSR count). The summed E-state index contributed by atoms with van der Waals surface area (Å²) >= 11 is 0. The Bertz CT molecular complexity index is 496. The topological polar surface area (TPSA) is 98.7 Å². The number of carbonyl (C=O) groups excluding carboxylic acids is 2. The third-order valence-electron chi connectivity index (χ3n) is 3.75. The molecule has 0 aromatic heterocycles. The molecule has 4 N–H and O–H groups in total. The van der Waals surface area contributed by atoms with Crippen molar-refractivity contribution >= 4 is 11.8 Å². The van der Waals surface area contributed by atoms with Crippen LogP contribution in [0.15, 0.2) is 23.8 Å². The van der Waals surface area contributed by atoms with Gasteiger partial charge in [-0.05, 0) is 57.6 Å². The maximum absolute atomic E-state index is 13.6. The van der Waals surface area contributed by atoms with Gasteiger partial charge in [-0.1, -0.05) is 12.8 Å². The molecule has 0 bridgehead atoms. The summed E-state index contributed by atoms with van der Waals surface area (Å²) < 4.78 is 27.3. The maximum Gasteiger partial charge on any atom is 0.279 e. The number of amides is 2. The van der Waals surface area contributed by atoms with Crippen molar-refractivity contribution in [1.29, 1.82) is 0 Å². The van der Waals surface area contributed by atoms with Gasteiger partial charge in [0.1, 0.15) is 0 Å². The van der Waals surface area contributed by atoms with Crippen LogP contribution in [0.4, 0.5) is 8.78 Å². The maximum atomic E-state index is 13.6. The molecule has 1 atom stereocenters. The Morgan fingerprint density at radius 3 is 1.81 bits per heavy atom. The number of rotatable bonds is 15. The van der Waals surface area contributed by atoms with Crippen LogP contribution in [0.25, 0.3) is 0 Å². The summed E-state index contributed by atoms with van der Waals surface area (Å²) in [7, 11) is 0. The number of unbranched alkanes of at least 4 members (excludes halogenated alkanes) is 6. The van der Waals surface area contributed by atoms with Gasteiger partial charge in [0.05, 0.1) is 0 Å². The highest BCUT2D eigenvalue weighted by atomic mass is 19.1. The second-order valence-corrected chi connectivity index (χ2v) is 6.33. The Hall–Kier alpha value is -1.80. The van der Waals surface area contributed by atoms with E-state index in [1.807, 2.05) is 0 Å². The predicted molar refractivity (Wildman–Crippen MR) is 100 cm³/mol. The number of halogens is 2. The van der Waals surface area contributed by atoms with Crippen LogP contribution >= 0.6 is 0 Å². The van der Waals surface area contributed by atoms with Crippen molar-refractivity contribution in [3.8, 4) is 0 Å². The fraction of sp³-hybridized carbons (Fsp3) is 0.684. The second kappa shape index (κ2) is 16.4. The number of allylic oxidation sites excluding steroid dienone is 2. The summed E-state index contributed by atoms with van der Waals surface area (Å²) in [5.74, 6) is -3.55. The van der Waals surface area contributed by atoms with Crippen LogP contribution in [0.3, 0.4) is 0 Å². The van der Waals surface area contributed by atoms with Crippen LogP contribution in [0.1, 0.15) is 58.3 Å². The summed E-state index contributed by atoms with van der Waals surface area (Å²) in [4.78, 5) is 23.3. The third kappa shape index (κ3) is 14.0. The molecule has 156 valence electrons. The highest BCUT2D eigenvalue weighted by Gasteiger charge is 2.14. The van der Waals surface area contributed by atoms with E-state index in [1.54, 1.807) is 6.92 Å². The number of aliphatic hydroxyl groups is 2. The lowest BCUT2D eigenvalue weighted by atomic mass is 10.2. The zero-order valence-corrected chi connectivity index (χ0v) is 16.0. The highest BCUT2D eigenvalue weighted by molar-refractivity contribution is 5.92. The molecule has 0 aliphatic heterocycles. The number of nitrogens with one attached hydrogen (secondary N) is 2. The average molecular weight is 390 g/mol. The summed E-state index contributed by atoms with van der Waals surface area (Å²) in [6.45, 7) is 1.73. The average Bonchev–Trinajstić information content (AvgIpc) is 2.65. The standard InChI is InChI=1S/C19H32F2N2O4/c1-15(23-19(27)17(21)11-7-3-5-9-13-25)14-22-18(26)16(20)10-6-2-4-8-12-24/h10-11,15,24-25H,2-9,12-14H2,1H3,(H,22,26)(H,23,27). The van der Waals surface area contributed by atoms with Gasteiger partial charge >= 0.3 is 0 Å². The highest BCUT2D eigenvalue weighted by Crippen LogP contribution is 2.06. The molecule has 0 saturated heterocycles. The van der Waals surface area contributed by atoms with E-state index in [0.29, 0.717) is 38.5 Å². The van der Waals surface area contributed by atoms with Gasteiger partial charge in [-0.25, -0.2) is 8.78 Å². The first kappa shape index (κ1) is 25.2. The van der Waals surface area contributed by atoms with Crippen molar-refractivity contribution in [3.05, 3.63) is 23.8 Å². The second-order valence-electron chi connectivity index (χ2n) is 6.33. The molecule has 0 aromatic carbocycles. The van der Waals surface area contributed by atoms with Gasteiger partial charge in [0.2, 0.25) is 0 Å². The zero-order valence-electron chi connectivity index (χ0n) is 16.0. The largest absolute Gasteiger partial charge is 0.396 e. The normalized spacial score (nSPS) is 13.4. The van der Waals surface area contributed by atoms with Crippen LogP contribution in [0.5, 0.6) is 0 Å². The van der Waals surface area contributed by atoms with Gasteiger partial charge in [-0.3, -0.25) is 9.59 Å². The van der Waals surface area contributed by atoms with Crippen molar-refractivity contribution in [2.75, 3.05) is 19.8 Å². The molecule has 0 saturated carbocycles. The van der Waals surface area contributed by atoms with Gasteiger partial charge < -0.3 is 20.8 Å². The lowest BCUT2D eigenvalue weighted by molar-refractivity contribution is -0.121. The minimum absolute atomic E-state index is 0.0277. The molecule has 2 amide bonds. The number of aliphatic hydroxyl groups excluding tert-OH is 2. The summed E-state index contributed by atoms with van der Waals surface area (Å²) in [6, 6.07) is -0.563. The predicted octanol–water partition coefficient (Wildman–Crippen LogP) is 2.42. The lowest BCUT2D eigenvalue weighted by Crippen LogP contribution is -2.42. The first-order chi connectivity index (χ1) is 12.9. The molecule has 27 heavy (non-hydrogen) atoms. The Morgan fingerprint density at radius 2 is 1.33 bits per heavy atom. The van der Waals surface area contributed by atoms with E-state index in [2.05, 4.69) is 10.6 Å². The van der Waals surface area contributed by atoms with Crippen molar-refractivity contribution in [2.45, 2.75) is 64.3 Å². The molecule has 0 heterocycles. The molecule has 0 spiro atoms. The summed E-state index contributed by atoms with van der Waals surface area (Å²) in [5.41, 5.74) is 0. The van der Waals surface area contributed by atoms with Crippen molar-refractivity contribution < 1.29 is 28.6 Å². The zero-order chi connectivity index (χ0) is 20.5. The first-order valence-electron chi connectivity index (χ1n) is 9.44. The quantitative estimate of drug-likeness (QED) is 0.255.